The molecule has 1 aromatic carbocycles. The minimum atomic E-state index is 0.000927. The lowest BCUT2D eigenvalue weighted by molar-refractivity contribution is 0.0783. The Morgan fingerprint density at radius 1 is 1.24 bits per heavy atom. The van der Waals surface area contributed by atoms with Gasteiger partial charge in [-0.2, -0.15) is 5.10 Å². The van der Waals surface area contributed by atoms with Gasteiger partial charge in [-0.3, -0.25) is 9.48 Å². The molecule has 2 N–H and O–H groups in total. The molecule has 2 aromatic rings. The van der Waals surface area contributed by atoms with Crippen molar-refractivity contribution in [1.29, 1.82) is 0 Å². The van der Waals surface area contributed by atoms with Crippen LogP contribution in [-0.4, -0.2) is 27.6 Å². The van der Waals surface area contributed by atoms with E-state index in [1.807, 2.05) is 52.2 Å². The monoisotopic (exact) mass is 286 g/mol. The summed E-state index contributed by atoms with van der Waals surface area (Å²) in [6.07, 6.45) is 0. The Labute approximate surface area is 125 Å². The highest BCUT2D eigenvalue weighted by molar-refractivity contribution is 5.96. The van der Waals surface area contributed by atoms with Gasteiger partial charge >= 0.3 is 0 Å². The molecule has 0 saturated carbocycles. The molecule has 0 fully saturated rings. The number of benzene rings is 1. The van der Waals surface area contributed by atoms with Crippen molar-refractivity contribution >= 4 is 5.91 Å². The van der Waals surface area contributed by atoms with Gasteiger partial charge in [-0.15, -0.1) is 0 Å². The molecule has 5 nitrogen and oxygen atoms in total. The topological polar surface area (TPSA) is 64.2 Å². The lowest BCUT2D eigenvalue weighted by Gasteiger charge is -2.17. The summed E-state index contributed by atoms with van der Waals surface area (Å²) in [7, 11) is 3.66. The summed E-state index contributed by atoms with van der Waals surface area (Å²) >= 11 is 0. The van der Waals surface area contributed by atoms with E-state index in [2.05, 4.69) is 5.10 Å². The first-order chi connectivity index (χ1) is 9.93. The molecule has 0 radical (unpaired) electrons. The third kappa shape index (κ3) is 3.13. The summed E-state index contributed by atoms with van der Waals surface area (Å²) in [6, 6.07) is 8.01. The number of aromatic nitrogens is 2. The van der Waals surface area contributed by atoms with Crippen molar-refractivity contribution in [2.75, 3.05) is 7.05 Å². The van der Waals surface area contributed by atoms with Gasteiger partial charge in [0, 0.05) is 32.9 Å². The van der Waals surface area contributed by atoms with Gasteiger partial charge in [-0.25, -0.2) is 0 Å². The van der Waals surface area contributed by atoms with E-state index in [0.29, 0.717) is 18.7 Å². The Kier molecular flexibility index (Phi) is 4.43. The number of amides is 1. The van der Waals surface area contributed by atoms with Crippen molar-refractivity contribution in [1.82, 2.24) is 14.7 Å². The number of carbonyl (C=O) groups is 1. The van der Waals surface area contributed by atoms with E-state index in [-0.39, 0.29) is 5.91 Å². The molecule has 0 bridgehead atoms. The van der Waals surface area contributed by atoms with Crippen LogP contribution >= 0.6 is 0 Å². The van der Waals surface area contributed by atoms with E-state index < -0.39 is 0 Å². The van der Waals surface area contributed by atoms with Crippen LogP contribution in [0.2, 0.25) is 0 Å². The molecule has 0 atom stereocenters. The molecule has 0 aliphatic carbocycles. The molecular weight excluding hydrogens is 264 g/mol. The van der Waals surface area contributed by atoms with Gasteiger partial charge in [0.05, 0.1) is 11.3 Å². The Balaban J connectivity index is 2.15. The van der Waals surface area contributed by atoms with Crippen molar-refractivity contribution in [3.8, 4) is 0 Å². The zero-order chi connectivity index (χ0) is 15.6. The molecule has 0 unspecified atom stereocenters. The van der Waals surface area contributed by atoms with E-state index >= 15 is 0 Å². The van der Waals surface area contributed by atoms with Crippen molar-refractivity contribution in [3.05, 3.63) is 52.3 Å². The van der Waals surface area contributed by atoms with Crippen LogP contribution in [0.25, 0.3) is 0 Å². The highest BCUT2D eigenvalue weighted by Crippen LogP contribution is 2.16. The van der Waals surface area contributed by atoms with Crippen LogP contribution in [0.3, 0.4) is 0 Å². The second-order valence-electron chi connectivity index (χ2n) is 5.35. The predicted octanol–water partition coefficient (Wildman–Crippen LogP) is 1.77. The van der Waals surface area contributed by atoms with Crippen LogP contribution in [0.4, 0.5) is 0 Å². The maximum Gasteiger partial charge on any atom is 0.257 e. The Hall–Kier alpha value is -2.14. The van der Waals surface area contributed by atoms with Crippen LogP contribution < -0.4 is 5.73 Å². The average molecular weight is 286 g/mol. The molecule has 5 heteroatoms. The summed E-state index contributed by atoms with van der Waals surface area (Å²) in [6.45, 7) is 4.88. The highest BCUT2D eigenvalue weighted by atomic mass is 16.2. The van der Waals surface area contributed by atoms with Gasteiger partial charge in [-0.05, 0) is 25.0 Å². The lowest BCUT2D eigenvalue weighted by Crippen LogP contribution is -2.27. The lowest BCUT2D eigenvalue weighted by atomic mass is 10.1. The summed E-state index contributed by atoms with van der Waals surface area (Å²) < 4.78 is 1.74. The smallest absolute Gasteiger partial charge is 0.257 e. The van der Waals surface area contributed by atoms with E-state index in [1.165, 1.54) is 0 Å². The minimum Gasteiger partial charge on any atom is -0.337 e. The second-order valence-corrected chi connectivity index (χ2v) is 5.35. The number of rotatable bonds is 4. The van der Waals surface area contributed by atoms with Crippen LogP contribution in [0.5, 0.6) is 0 Å². The molecule has 0 aliphatic rings. The first-order valence-corrected chi connectivity index (χ1v) is 6.97. The molecule has 0 spiro atoms. The van der Waals surface area contributed by atoms with Crippen molar-refractivity contribution in [2.24, 2.45) is 12.8 Å². The summed E-state index contributed by atoms with van der Waals surface area (Å²) in [4.78, 5) is 14.3. The summed E-state index contributed by atoms with van der Waals surface area (Å²) in [5, 5.41) is 4.30. The van der Waals surface area contributed by atoms with Gasteiger partial charge < -0.3 is 10.6 Å². The summed E-state index contributed by atoms with van der Waals surface area (Å²) in [5.74, 6) is 0.000927. The van der Waals surface area contributed by atoms with Gasteiger partial charge in [0.2, 0.25) is 0 Å². The normalized spacial score (nSPS) is 10.7. The van der Waals surface area contributed by atoms with Gasteiger partial charge in [0.1, 0.15) is 0 Å². The standard InChI is InChI=1S/C16H22N4O/c1-11-15(12(2)20(4)18-11)16(21)19(3)10-14-7-5-13(9-17)6-8-14/h5-8H,9-10,17H2,1-4H3. The van der Waals surface area contributed by atoms with Crippen molar-refractivity contribution in [2.45, 2.75) is 26.9 Å². The van der Waals surface area contributed by atoms with E-state index in [0.717, 1.165) is 22.5 Å². The fraction of sp³-hybridized carbons (Fsp3) is 0.375. The zero-order valence-corrected chi connectivity index (χ0v) is 13.1. The number of aryl methyl sites for hydroxylation is 2. The predicted molar refractivity (Wildman–Crippen MR) is 82.8 cm³/mol. The number of hydrogen-bond donors (Lipinski definition) is 1. The van der Waals surface area contributed by atoms with Crippen LogP contribution in [0.1, 0.15) is 32.9 Å². The molecule has 112 valence electrons. The number of hydrogen-bond acceptors (Lipinski definition) is 3. The summed E-state index contributed by atoms with van der Waals surface area (Å²) in [5.41, 5.74) is 10.1. The first kappa shape index (κ1) is 15.3. The van der Waals surface area contributed by atoms with E-state index in [4.69, 9.17) is 5.73 Å². The van der Waals surface area contributed by atoms with Crippen LogP contribution in [0, 0.1) is 13.8 Å². The van der Waals surface area contributed by atoms with E-state index in [1.54, 1.807) is 9.58 Å². The molecule has 21 heavy (non-hydrogen) atoms. The Morgan fingerprint density at radius 2 is 1.81 bits per heavy atom. The minimum absolute atomic E-state index is 0.000927. The highest BCUT2D eigenvalue weighted by Gasteiger charge is 2.20. The van der Waals surface area contributed by atoms with Crippen LogP contribution in [-0.2, 0) is 20.1 Å². The van der Waals surface area contributed by atoms with Crippen molar-refractivity contribution in [3.63, 3.8) is 0 Å². The molecule has 1 heterocycles. The fourth-order valence-electron chi connectivity index (χ4n) is 2.40. The molecule has 2 rings (SSSR count). The number of carbonyl (C=O) groups excluding carboxylic acids is 1. The molecule has 1 aromatic heterocycles. The van der Waals surface area contributed by atoms with E-state index in [9.17, 15) is 4.79 Å². The quantitative estimate of drug-likeness (QED) is 0.931. The molecule has 1 amide bonds. The largest absolute Gasteiger partial charge is 0.337 e. The average Bonchev–Trinajstić information content (AvgIpc) is 2.72. The van der Waals surface area contributed by atoms with Gasteiger partial charge in [0.25, 0.3) is 5.91 Å². The SMILES string of the molecule is Cc1nn(C)c(C)c1C(=O)N(C)Cc1ccc(CN)cc1. The fourth-order valence-corrected chi connectivity index (χ4v) is 2.40. The Morgan fingerprint density at radius 3 is 2.29 bits per heavy atom. The Bertz CT molecular complexity index is 643. The third-order valence-corrected chi connectivity index (χ3v) is 3.75. The first-order valence-electron chi connectivity index (χ1n) is 6.97. The zero-order valence-electron chi connectivity index (χ0n) is 13.1. The third-order valence-electron chi connectivity index (χ3n) is 3.75. The molecule has 0 aliphatic heterocycles. The number of nitrogens with two attached hydrogens (primary N) is 1. The van der Waals surface area contributed by atoms with Crippen LogP contribution in [0.15, 0.2) is 24.3 Å². The van der Waals surface area contributed by atoms with Gasteiger partial charge in [-0.1, -0.05) is 24.3 Å². The second kappa shape index (κ2) is 6.10. The molecular formula is C16H22N4O. The maximum absolute atomic E-state index is 12.6. The molecule has 0 saturated heterocycles. The maximum atomic E-state index is 12.6. The van der Waals surface area contributed by atoms with Gasteiger partial charge in [0.15, 0.2) is 0 Å². The van der Waals surface area contributed by atoms with Crippen molar-refractivity contribution < 1.29 is 4.79 Å². The number of nitrogens with zero attached hydrogens (tertiary/aromatic N) is 3.